The Morgan fingerprint density at radius 1 is 1.65 bits per heavy atom. The number of nitrogen functional groups attached to an aromatic ring is 1. The molecule has 0 aliphatic rings. The molecule has 1 aromatic rings. The molecule has 0 saturated carbocycles. The minimum absolute atomic E-state index is 0.137. The maximum absolute atomic E-state index is 12.0. The average molecular weight is 236 g/mol. The van der Waals surface area contributed by atoms with E-state index in [4.69, 9.17) is 5.73 Å². The van der Waals surface area contributed by atoms with Gasteiger partial charge in [-0.3, -0.25) is 9.89 Å². The van der Waals surface area contributed by atoms with Crippen LogP contribution in [0.25, 0.3) is 0 Å². The predicted octanol–water partition coefficient (Wildman–Crippen LogP) is 1.59. The number of unbranched alkanes of at least 4 members (excludes halogenated alkanes) is 1. The van der Waals surface area contributed by atoms with Gasteiger partial charge in [-0.05, 0) is 19.3 Å². The lowest BCUT2D eigenvalue weighted by Gasteiger charge is -2.15. The third kappa shape index (κ3) is 3.09. The Morgan fingerprint density at radius 3 is 2.88 bits per heavy atom. The van der Waals surface area contributed by atoms with Crippen molar-refractivity contribution in [1.82, 2.24) is 15.1 Å². The molecule has 0 fully saturated rings. The highest BCUT2D eigenvalue weighted by atomic mass is 16.2. The van der Waals surface area contributed by atoms with Gasteiger partial charge in [-0.15, -0.1) is 6.58 Å². The van der Waals surface area contributed by atoms with Crippen LogP contribution in [0.15, 0.2) is 12.7 Å². The molecule has 0 unspecified atom stereocenters. The van der Waals surface area contributed by atoms with Crippen LogP contribution in [-0.4, -0.2) is 34.6 Å². The van der Waals surface area contributed by atoms with Crippen LogP contribution in [0, 0.1) is 0 Å². The fourth-order valence-corrected chi connectivity index (χ4v) is 1.57. The lowest BCUT2D eigenvalue weighted by molar-refractivity contribution is 0.0789. The molecule has 0 saturated heterocycles. The number of nitrogens with zero attached hydrogens (tertiary/aromatic N) is 2. The van der Waals surface area contributed by atoms with Crippen LogP contribution in [0.4, 0.5) is 5.69 Å². The van der Waals surface area contributed by atoms with Crippen LogP contribution in [0.2, 0.25) is 0 Å². The van der Waals surface area contributed by atoms with E-state index < -0.39 is 0 Å². The van der Waals surface area contributed by atoms with E-state index in [2.05, 4.69) is 16.8 Å². The number of amides is 1. The van der Waals surface area contributed by atoms with Gasteiger partial charge >= 0.3 is 0 Å². The van der Waals surface area contributed by atoms with Gasteiger partial charge in [-0.25, -0.2) is 0 Å². The molecule has 17 heavy (non-hydrogen) atoms. The van der Waals surface area contributed by atoms with Gasteiger partial charge in [-0.1, -0.05) is 13.0 Å². The Labute approximate surface area is 102 Å². The molecule has 1 heterocycles. The zero-order valence-corrected chi connectivity index (χ0v) is 10.5. The first-order valence-corrected chi connectivity index (χ1v) is 5.80. The van der Waals surface area contributed by atoms with Crippen LogP contribution < -0.4 is 5.73 Å². The van der Waals surface area contributed by atoms with Gasteiger partial charge in [0, 0.05) is 13.6 Å². The summed E-state index contributed by atoms with van der Waals surface area (Å²) in [6.07, 6.45) is 4.38. The third-order valence-electron chi connectivity index (χ3n) is 2.69. The second-order valence-corrected chi connectivity index (χ2v) is 3.98. The van der Waals surface area contributed by atoms with Crippen molar-refractivity contribution in [2.24, 2.45) is 0 Å². The van der Waals surface area contributed by atoms with Crippen LogP contribution in [0.5, 0.6) is 0 Å². The van der Waals surface area contributed by atoms with Crippen LogP contribution in [0.3, 0.4) is 0 Å². The monoisotopic (exact) mass is 236 g/mol. The molecule has 0 aliphatic carbocycles. The summed E-state index contributed by atoms with van der Waals surface area (Å²) in [5.74, 6) is -0.137. The summed E-state index contributed by atoms with van der Waals surface area (Å²) in [5.41, 5.74) is 7.45. The van der Waals surface area contributed by atoms with Crippen molar-refractivity contribution < 1.29 is 4.79 Å². The molecule has 3 N–H and O–H groups in total. The van der Waals surface area contributed by atoms with Gasteiger partial charge < -0.3 is 10.6 Å². The lowest BCUT2D eigenvalue weighted by atomic mass is 10.2. The number of hydrogen-bond acceptors (Lipinski definition) is 3. The Hall–Kier alpha value is -1.78. The highest BCUT2D eigenvalue weighted by molar-refractivity contribution is 5.97. The Kier molecular flexibility index (Phi) is 4.75. The van der Waals surface area contributed by atoms with E-state index in [1.165, 1.54) is 0 Å². The predicted molar refractivity (Wildman–Crippen MR) is 68.8 cm³/mol. The summed E-state index contributed by atoms with van der Waals surface area (Å²) >= 11 is 0. The first kappa shape index (κ1) is 13.3. The van der Waals surface area contributed by atoms with E-state index in [1.807, 2.05) is 13.0 Å². The lowest BCUT2D eigenvalue weighted by Crippen LogP contribution is -2.28. The molecule has 0 aromatic carbocycles. The largest absolute Gasteiger partial charge is 0.395 e. The van der Waals surface area contributed by atoms with Crippen molar-refractivity contribution in [3.63, 3.8) is 0 Å². The fraction of sp³-hybridized carbons (Fsp3) is 0.500. The normalized spacial score (nSPS) is 10.2. The van der Waals surface area contributed by atoms with Crippen molar-refractivity contribution in [3.8, 4) is 0 Å². The molecule has 5 nitrogen and oxygen atoms in total. The third-order valence-corrected chi connectivity index (χ3v) is 2.69. The van der Waals surface area contributed by atoms with Crippen LogP contribution in [-0.2, 0) is 6.42 Å². The average Bonchev–Trinajstić information content (AvgIpc) is 2.69. The quantitative estimate of drug-likeness (QED) is 0.582. The number of nitrogens with one attached hydrogen (secondary N) is 1. The van der Waals surface area contributed by atoms with Crippen molar-refractivity contribution >= 4 is 11.6 Å². The number of anilines is 1. The van der Waals surface area contributed by atoms with Gasteiger partial charge in [0.2, 0.25) is 0 Å². The summed E-state index contributed by atoms with van der Waals surface area (Å²) in [7, 11) is 1.76. The molecule has 94 valence electrons. The summed E-state index contributed by atoms with van der Waals surface area (Å²) in [5, 5.41) is 6.76. The summed E-state index contributed by atoms with van der Waals surface area (Å²) < 4.78 is 0. The first-order valence-electron chi connectivity index (χ1n) is 5.80. The van der Waals surface area contributed by atoms with E-state index in [0.717, 1.165) is 25.0 Å². The van der Waals surface area contributed by atoms with Crippen molar-refractivity contribution in [1.29, 1.82) is 0 Å². The van der Waals surface area contributed by atoms with Crippen molar-refractivity contribution in [2.75, 3.05) is 19.3 Å². The number of allylic oxidation sites excluding steroid dienone is 1. The first-order chi connectivity index (χ1) is 8.11. The fourth-order valence-electron chi connectivity index (χ4n) is 1.57. The number of aryl methyl sites for hydroxylation is 1. The molecule has 1 amide bonds. The highest BCUT2D eigenvalue weighted by Crippen LogP contribution is 2.16. The standard InChI is InChI=1S/C12H20N4O/c1-4-6-7-8-16(3)12(17)11-10(13)9(5-2)14-15-11/h4H,1,5-8,13H2,2-3H3,(H,14,15). The Balaban J connectivity index is 2.68. The van der Waals surface area contributed by atoms with Gasteiger partial charge in [-0.2, -0.15) is 5.10 Å². The summed E-state index contributed by atoms with van der Waals surface area (Å²) in [6, 6.07) is 0. The summed E-state index contributed by atoms with van der Waals surface area (Å²) in [4.78, 5) is 13.7. The van der Waals surface area contributed by atoms with E-state index in [0.29, 0.717) is 17.9 Å². The second-order valence-electron chi connectivity index (χ2n) is 3.98. The second kappa shape index (κ2) is 6.08. The maximum Gasteiger partial charge on any atom is 0.276 e. The zero-order valence-electron chi connectivity index (χ0n) is 10.5. The zero-order chi connectivity index (χ0) is 12.8. The maximum atomic E-state index is 12.0. The van der Waals surface area contributed by atoms with Crippen LogP contribution in [0.1, 0.15) is 35.9 Å². The van der Waals surface area contributed by atoms with Gasteiger partial charge in [0.25, 0.3) is 5.91 Å². The van der Waals surface area contributed by atoms with Crippen molar-refractivity contribution in [2.45, 2.75) is 26.2 Å². The molecule has 0 radical (unpaired) electrons. The minimum Gasteiger partial charge on any atom is -0.395 e. The SMILES string of the molecule is C=CCCCN(C)C(=O)c1n[nH]c(CC)c1N. The molecule has 0 atom stereocenters. The molecular formula is C12H20N4O. The van der Waals surface area contributed by atoms with Crippen LogP contribution >= 0.6 is 0 Å². The number of aromatic nitrogens is 2. The van der Waals surface area contributed by atoms with E-state index in [1.54, 1.807) is 11.9 Å². The summed E-state index contributed by atoms with van der Waals surface area (Å²) in [6.45, 7) is 6.29. The van der Waals surface area contributed by atoms with E-state index >= 15 is 0 Å². The molecule has 0 bridgehead atoms. The highest BCUT2D eigenvalue weighted by Gasteiger charge is 2.19. The molecule has 0 aliphatic heterocycles. The number of aromatic amines is 1. The van der Waals surface area contributed by atoms with E-state index in [-0.39, 0.29) is 5.91 Å². The number of H-pyrrole nitrogens is 1. The number of hydrogen-bond donors (Lipinski definition) is 2. The number of nitrogens with two attached hydrogens (primary N) is 1. The molecule has 1 rings (SSSR count). The molecule has 5 heteroatoms. The number of rotatable bonds is 6. The molecular weight excluding hydrogens is 216 g/mol. The molecule has 1 aromatic heterocycles. The topological polar surface area (TPSA) is 75.0 Å². The van der Waals surface area contributed by atoms with Gasteiger partial charge in [0.1, 0.15) is 0 Å². The van der Waals surface area contributed by atoms with Crippen molar-refractivity contribution in [3.05, 3.63) is 24.0 Å². The minimum atomic E-state index is -0.137. The number of carbonyl (C=O) groups excluding carboxylic acids is 1. The Bertz CT molecular complexity index is 397. The smallest absolute Gasteiger partial charge is 0.276 e. The van der Waals surface area contributed by atoms with Gasteiger partial charge in [0.15, 0.2) is 5.69 Å². The number of carbonyl (C=O) groups is 1. The Morgan fingerprint density at radius 2 is 2.35 bits per heavy atom. The van der Waals surface area contributed by atoms with E-state index in [9.17, 15) is 4.79 Å². The van der Waals surface area contributed by atoms with Gasteiger partial charge in [0.05, 0.1) is 11.4 Å². The molecule has 0 spiro atoms.